The molecule has 2 aromatic carbocycles. The van der Waals surface area contributed by atoms with E-state index in [1.54, 1.807) is 12.1 Å². The van der Waals surface area contributed by atoms with Crippen molar-refractivity contribution in [3.05, 3.63) is 57.6 Å². The minimum atomic E-state index is -0.125. The van der Waals surface area contributed by atoms with Gasteiger partial charge < -0.3 is 9.47 Å². The molecular weight excluding hydrogens is 288 g/mol. The van der Waals surface area contributed by atoms with Crippen molar-refractivity contribution in [2.45, 2.75) is 13.8 Å². The topological polar surface area (TPSA) is 35.5 Å². The lowest BCUT2D eigenvalue weighted by Gasteiger charge is -2.13. The van der Waals surface area contributed by atoms with Gasteiger partial charge in [-0.3, -0.25) is 4.79 Å². The molecule has 0 fully saturated rings. The van der Waals surface area contributed by atoms with E-state index in [0.29, 0.717) is 27.6 Å². The summed E-state index contributed by atoms with van der Waals surface area (Å²) in [4.78, 5) is 12.7. The van der Waals surface area contributed by atoms with Crippen molar-refractivity contribution in [2.24, 2.45) is 0 Å². The fourth-order valence-electron chi connectivity index (χ4n) is 2.11. The number of hydrogen-bond acceptors (Lipinski definition) is 3. The van der Waals surface area contributed by atoms with Gasteiger partial charge in [0.1, 0.15) is 10.8 Å². The van der Waals surface area contributed by atoms with E-state index in [4.69, 9.17) is 21.1 Å². The third-order valence-corrected chi connectivity index (χ3v) is 3.86. The minimum Gasteiger partial charge on any atom is -0.495 e. The van der Waals surface area contributed by atoms with Gasteiger partial charge >= 0.3 is 0 Å². The first-order valence-electron chi connectivity index (χ1n) is 6.52. The third kappa shape index (κ3) is 2.88. The number of aryl methyl sites for hydroxylation is 2. The first-order chi connectivity index (χ1) is 9.99. The third-order valence-electron chi connectivity index (χ3n) is 3.50. The number of hydrogen-bond donors (Lipinski definition) is 0. The summed E-state index contributed by atoms with van der Waals surface area (Å²) in [6.07, 6.45) is 0. The Hall–Kier alpha value is -2.00. The van der Waals surface area contributed by atoms with Gasteiger partial charge in [-0.2, -0.15) is 0 Å². The number of carbonyl (C=O) groups excluding carboxylic acids is 1. The SMILES string of the molecule is COc1ccc(C(=O)c2ccc(C)c(C)c2)c(OC)c1Cl. The molecule has 0 aliphatic rings. The highest BCUT2D eigenvalue weighted by atomic mass is 35.5. The van der Waals surface area contributed by atoms with E-state index < -0.39 is 0 Å². The van der Waals surface area contributed by atoms with E-state index in [1.807, 2.05) is 32.0 Å². The molecule has 0 aromatic heterocycles. The molecule has 0 saturated carbocycles. The lowest BCUT2D eigenvalue weighted by atomic mass is 9.98. The summed E-state index contributed by atoms with van der Waals surface area (Å²) in [6, 6.07) is 8.94. The zero-order valence-corrected chi connectivity index (χ0v) is 13.2. The number of benzene rings is 2. The van der Waals surface area contributed by atoms with Gasteiger partial charge in [-0.15, -0.1) is 0 Å². The standard InChI is InChI=1S/C17H17ClO3/c1-10-5-6-12(9-11(10)2)16(19)13-7-8-14(20-3)15(18)17(13)21-4/h5-9H,1-4H3. The molecule has 0 heterocycles. The predicted molar refractivity (Wildman–Crippen MR) is 83.9 cm³/mol. The number of methoxy groups -OCH3 is 2. The van der Waals surface area contributed by atoms with Gasteiger partial charge in [0.25, 0.3) is 0 Å². The average molecular weight is 305 g/mol. The van der Waals surface area contributed by atoms with Gasteiger partial charge in [-0.25, -0.2) is 0 Å². The second-order valence-corrected chi connectivity index (χ2v) is 5.17. The maximum Gasteiger partial charge on any atom is 0.196 e. The van der Waals surface area contributed by atoms with E-state index in [1.165, 1.54) is 14.2 Å². The van der Waals surface area contributed by atoms with E-state index in [-0.39, 0.29) is 5.78 Å². The molecule has 0 saturated heterocycles. The molecule has 0 atom stereocenters. The molecule has 3 nitrogen and oxygen atoms in total. The van der Waals surface area contributed by atoms with Crippen LogP contribution in [-0.2, 0) is 0 Å². The Balaban J connectivity index is 2.52. The zero-order valence-electron chi connectivity index (χ0n) is 12.5. The van der Waals surface area contributed by atoms with Crippen LogP contribution in [0.5, 0.6) is 11.5 Å². The summed E-state index contributed by atoms with van der Waals surface area (Å²) < 4.78 is 10.4. The molecule has 110 valence electrons. The number of rotatable bonds is 4. The van der Waals surface area contributed by atoms with Crippen molar-refractivity contribution < 1.29 is 14.3 Å². The van der Waals surface area contributed by atoms with Crippen LogP contribution < -0.4 is 9.47 Å². The first-order valence-corrected chi connectivity index (χ1v) is 6.89. The molecule has 0 aliphatic carbocycles. The Kier molecular flexibility index (Phi) is 4.53. The van der Waals surface area contributed by atoms with Crippen LogP contribution in [-0.4, -0.2) is 20.0 Å². The van der Waals surface area contributed by atoms with Crippen LogP contribution in [0.25, 0.3) is 0 Å². The lowest BCUT2D eigenvalue weighted by molar-refractivity contribution is 0.103. The molecule has 0 radical (unpaired) electrons. The van der Waals surface area contributed by atoms with Crippen molar-refractivity contribution in [2.75, 3.05) is 14.2 Å². The molecule has 0 N–H and O–H groups in total. The summed E-state index contributed by atoms with van der Waals surface area (Å²) in [5.74, 6) is 0.684. The highest BCUT2D eigenvalue weighted by molar-refractivity contribution is 6.34. The number of ether oxygens (including phenoxy) is 2. The Morgan fingerprint density at radius 2 is 1.71 bits per heavy atom. The van der Waals surface area contributed by atoms with Gasteiger partial charge in [0.2, 0.25) is 0 Å². The van der Waals surface area contributed by atoms with Gasteiger partial charge in [-0.1, -0.05) is 23.7 Å². The molecule has 0 amide bonds. The molecule has 0 spiro atoms. The van der Waals surface area contributed by atoms with Crippen LogP contribution in [0.1, 0.15) is 27.0 Å². The van der Waals surface area contributed by atoms with Crippen molar-refractivity contribution in [1.82, 2.24) is 0 Å². The largest absolute Gasteiger partial charge is 0.495 e. The summed E-state index contributed by atoms with van der Waals surface area (Å²) in [5.41, 5.74) is 3.25. The van der Waals surface area contributed by atoms with Gasteiger partial charge in [0.05, 0.1) is 19.8 Å². The normalized spacial score (nSPS) is 10.3. The molecule has 2 rings (SSSR count). The molecule has 4 heteroatoms. The maximum atomic E-state index is 12.7. The van der Waals surface area contributed by atoms with Crippen LogP contribution in [0.2, 0.25) is 5.02 Å². The number of halogens is 1. The van der Waals surface area contributed by atoms with Crippen molar-refractivity contribution in [3.63, 3.8) is 0 Å². The van der Waals surface area contributed by atoms with Gasteiger partial charge in [0.15, 0.2) is 11.5 Å². The zero-order chi connectivity index (χ0) is 15.6. The molecule has 2 aromatic rings. The fraction of sp³-hybridized carbons (Fsp3) is 0.235. The number of ketones is 1. The average Bonchev–Trinajstić information content (AvgIpc) is 2.49. The molecule has 0 aliphatic heterocycles. The van der Waals surface area contributed by atoms with Crippen molar-refractivity contribution in [3.8, 4) is 11.5 Å². The molecular formula is C17H17ClO3. The highest BCUT2D eigenvalue weighted by Crippen LogP contribution is 2.37. The molecule has 0 bridgehead atoms. The van der Waals surface area contributed by atoms with E-state index >= 15 is 0 Å². The van der Waals surface area contributed by atoms with Crippen LogP contribution >= 0.6 is 11.6 Å². The van der Waals surface area contributed by atoms with Gasteiger partial charge in [0, 0.05) is 5.56 Å². The Morgan fingerprint density at radius 1 is 1.00 bits per heavy atom. The van der Waals surface area contributed by atoms with Crippen LogP contribution in [0, 0.1) is 13.8 Å². The summed E-state index contributed by atoms with van der Waals surface area (Å²) in [7, 11) is 3.00. The Bertz CT molecular complexity index is 693. The maximum absolute atomic E-state index is 12.7. The smallest absolute Gasteiger partial charge is 0.196 e. The molecule has 0 unspecified atom stereocenters. The van der Waals surface area contributed by atoms with Crippen LogP contribution in [0.3, 0.4) is 0 Å². The summed E-state index contributed by atoms with van der Waals surface area (Å²) in [6.45, 7) is 3.98. The second kappa shape index (κ2) is 6.19. The van der Waals surface area contributed by atoms with E-state index in [0.717, 1.165) is 11.1 Å². The lowest BCUT2D eigenvalue weighted by Crippen LogP contribution is -2.05. The quantitative estimate of drug-likeness (QED) is 0.794. The second-order valence-electron chi connectivity index (χ2n) is 4.79. The van der Waals surface area contributed by atoms with Crippen LogP contribution in [0.15, 0.2) is 30.3 Å². The molecule has 21 heavy (non-hydrogen) atoms. The van der Waals surface area contributed by atoms with Crippen molar-refractivity contribution >= 4 is 17.4 Å². The summed E-state index contributed by atoms with van der Waals surface area (Å²) in [5, 5.41) is 0.301. The van der Waals surface area contributed by atoms with E-state index in [9.17, 15) is 4.79 Å². The summed E-state index contributed by atoms with van der Waals surface area (Å²) >= 11 is 6.20. The van der Waals surface area contributed by atoms with Crippen molar-refractivity contribution in [1.29, 1.82) is 0 Å². The highest BCUT2D eigenvalue weighted by Gasteiger charge is 2.20. The Morgan fingerprint density at radius 3 is 2.29 bits per heavy atom. The first kappa shape index (κ1) is 15.4. The monoisotopic (exact) mass is 304 g/mol. The Labute approximate surface area is 129 Å². The predicted octanol–water partition coefficient (Wildman–Crippen LogP) is 4.21. The minimum absolute atomic E-state index is 0.125. The fourth-order valence-corrected chi connectivity index (χ4v) is 2.43. The van der Waals surface area contributed by atoms with E-state index in [2.05, 4.69) is 0 Å². The van der Waals surface area contributed by atoms with Gasteiger partial charge in [-0.05, 0) is 43.2 Å². The van der Waals surface area contributed by atoms with Crippen LogP contribution in [0.4, 0.5) is 0 Å². The number of carbonyl (C=O) groups is 1.